The number of piperidine rings is 1. The van der Waals surface area contributed by atoms with E-state index >= 15 is 0 Å². The van der Waals surface area contributed by atoms with Crippen LogP contribution in [0.1, 0.15) is 30.1 Å². The molecule has 1 atom stereocenters. The summed E-state index contributed by atoms with van der Waals surface area (Å²) < 4.78 is 16.0. The van der Waals surface area contributed by atoms with Crippen LogP contribution >= 0.6 is 0 Å². The van der Waals surface area contributed by atoms with Crippen LogP contribution in [0.5, 0.6) is 0 Å². The van der Waals surface area contributed by atoms with Gasteiger partial charge in [0.1, 0.15) is 0 Å². The molecular weight excluding hydrogens is 350 g/mol. The van der Waals surface area contributed by atoms with Crippen LogP contribution in [0.4, 0.5) is 4.79 Å². The molecule has 146 valence electrons. The first-order valence-electron chi connectivity index (χ1n) is 9.08. The summed E-state index contributed by atoms with van der Waals surface area (Å²) >= 11 is 0. The standard InChI is InChI=1S/C18H25N5O4/c1-25-9-6-16-21-17(27-22-16)11-20-18(24)23-8-3-5-15(12-23)26-13-14-4-2-7-19-10-14/h2,4,7,10,15H,3,5-6,8-9,11-13H2,1H3,(H,20,24)/t15-/m1/s1. The SMILES string of the molecule is COCCc1noc(CNC(=O)N2CCC[C@@H](OCc3cccnc3)C2)n1. The zero-order valence-corrected chi connectivity index (χ0v) is 15.5. The smallest absolute Gasteiger partial charge is 0.317 e. The van der Waals surface area contributed by atoms with Gasteiger partial charge in [-0.2, -0.15) is 4.98 Å². The van der Waals surface area contributed by atoms with E-state index in [1.165, 1.54) is 0 Å². The van der Waals surface area contributed by atoms with Crippen LogP contribution in [0, 0.1) is 0 Å². The van der Waals surface area contributed by atoms with Crippen LogP contribution in [0.3, 0.4) is 0 Å². The Morgan fingerprint density at radius 2 is 2.41 bits per heavy atom. The van der Waals surface area contributed by atoms with Gasteiger partial charge in [0, 0.05) is 39.0 Å². The van der Waals surface area contributed by atoms with Crippen LogP contribution in [-0.2, 0) is 29.0 Å². The van der Waals surface area contributed by atoms with Crippen molar-refractivity contribution in [3.8, 4) is 0 Å². The summed E-state index contributed by atoms with van der Waals surface area (Å²) in [6.07, 6.45) is 5.98. The van der Waals surface area contributed by atoms with E-state index in [1.807, 2.05) is 12.1 Å². The van der Waals surface area contributed by atoms with Gasteiger partial charge >= 0.3 is 6.03 Å². The zero-order chi connectivity index (χ0) is 18.9. The van der Waals surface area contributed by atoms with Crippen molar-refractivity contribution in [3.05, 3.63) is 41.8 Å². The fourth-order valence-corrected chi connectivity index (χ4v) is 2.88. The van der Waals surface area contributed by atoms with Crippen molar-refractivity contribution in [1.29, 1.82) is 0 Å². The van der Waals surface area contributed by atoms with Crippen LogP contribution in [-0.4, -0.2) is 59.0 Å². The number of carbonyl (C=O) groups is 1. The Kier molecular flexibility index (Phi) is 7.11. The molecular formula is C18H25N5O4. The lowest BCUT2D eigenvalue weighted by Crippen LogP contribution is -2.47. The monoisotopic (exact) mass is 375 g/mol. The van der Waals surface area contributed by atoms with Crippen molar-refractivity contribution >= 4 is 6.03 Å². The van der Waals surface area contributed by atoms with Crippen LogP contribution in [0.25, 0.3) is 0 Å². The molecule has 0 aliphatic carbocycles. The third-order valence-corrected chi connectivity index (χ3v) is 4.30. The summed E-state index contributed by atoms with van der Waals surface area (Å²) in [4.78, 5) is 22.5. The number of carbonyl (C=O) groups excluding carboxylic acids is 1. The maximum atomic E-state index is 12.4. The molecule has 9 heteroatoms. The molecule has 0 aromatic carbocycles. The Hall–Kier alpha value is -2.52. The van der Waals surface area contributed by atoms with E-state index in [0.717, 1.165) is 18.4 Å². The second-order valence-electron chi connectivity index (χ2n) is 6.39. The molecule has 27 heavy (non-hydrogen) atoms. The van der Waals surface area contributed by atoms with Gasteiger partial charge < -0.3 is 24.2 Å². The van der Waals surface area contributed by atoms with Crippen molar-refractivity contribution in [1.82, 2.24) is 25.3 Å². The average molecular weight is 375 g/mol. The van der Waals surface area contributed by atoms with Crippen LogP contribution < -0.4 is 5.32 Å². The lowest BCUT2D eigenvalue weighted by Gasteiger charge is -2.32. The maximum Gasteiger partial charge on any atom is 0.317 e. The van der Waals surface area contributed by atoms with Gasteiger partial charge in [0.05, 0.1) is 25.9 Å². The molecule has 0 radical (unpaired) electrons. The highest BCUT2D eigenvalue weighted by Gasteiger charge is 2.24. The summed E-state index contributed by atoms with van der Waals surface area (Å²) in [5, 5.41) is 6.68. The van der Waals surface area contributed by atoms with E-state index in [4.69, 9.17) is 14.0 Å². The van der Waals surface area contributed by atoms with Gasteiger partial charge in [-0.3, -0.25) is 4.98 Å². The molecule has 3 heterocycles. The summed E-state index contributed by atoms with van der Waals surface area (Å²) in [6.45, 7) is 2.51. The van der Waals surface area contributed by atoms with Gasteiger partial charge in [-0.05, 0) is 24.5 Å². The number of hydrogen-bond donors (Lipinski definition) is 1. The summed E-state index contributed by atoms with van der Waals surface area (Å²) in [7, 11) is 1.62. The van der Waals surface area contributed by atoms with Crippen molar-refractivity contribution in [2.45, 2.75) is 38.5 Å². The molecule has 2 aromatic rings. The number of likely N-dealkylation sites (tertiary alicyclic amines) is 1. The number of ether oxygens (including phenoxy) is 2. The van der Waals surface area contributed by atoms with Gasteiger partial charge in [0.15, 0.2) is 5.82 Å². The zero-order valence-electron chi connectivity index (χ0n) is 15.5. The highest BCUT2D eigenvalue weighted by Crippen LogP contribution is 2.15. The Balaban J connectivity index is 1.42. The Morgan fingerprint density at radius 1 is 1.48 bits per heavy atom. The number of nitrogens with one attached hydrogen (secondary N) is 1. The first-order chi connectivity index (χ1) is 13.2. The van der Waals surface area contributed by atoms with Crippen molar-refractivity contribution in [2.75, 3.05) is 26.8 Å². The van der Waals surface area contributed by atoms with Crippen LogP contribution in [0.15, 0.2) is 29.0 Å². The second kappa shape index (κ2) is 9.98. The van der Waals surface area contributed by atoms with E-state index in [9.17, 15) is 4.79 Å². The molecule has 2 aromatic heterocycles. The minimum Gasteiger partial charge on any atom is -0.384 e. The number of methoxy groups -OCH3 is 1. The van der Waals surface area contributed by atoms with Crippen molar-refractivity contribution in [2.24, 2.45) is 0 Å². The molecule has 0 spiro atoms. The largest absolute Gasteiger partial charge is 0.384 e. The third kappa shape index (κ3) is 6.00. The molecule has 0 unspecified atom stereocenters. The van der Waals surface area contributed by atoms with E-state index < -0.39 is 0 Å². The molecule has 1 aliphatic heterocycles. The molecule has 1 saturated heterocycles. The highest BCUT2D eigenvalue weighted by molar-refractivity contribution is 5.74. The Morgan fingerprint density at radius 3 is 3.22 bits per heavy atom. The molecule has 1 N–H and O–H groups in total. The number of hydrogen-bond acceptors (Lipinski definition) is 7. The second-order valence-corrected chi connectivity index (χ2v) is 6.39. The minimum atomic E-state index is -0.152. The van der Waals surface area contributed by atoms with E-state index in [2.05, 4.69) is 20.4 Å². The lowest BCUT2D eigenvalue weighted by molar-refractivity contribution is -0.000511. The highest BCUT2D eigenvalue weighted by atomic mass is 16.5. The number of urea groups is 1. The predicted molar refractivity (Wildman–Crippen MR) is 95.7 cm³/mol. The third-order valence-electron chi connectivity index (χ3n) is 4.30. The van der Waals surface area contributed by atoms with Gasteiger partial charge in [0.25, 0.3) is 0 Å². The molecule has 1 aliphatic rings. The molecule has 2 amide bonds. The lowest BCUT2D eigenvalue weighted by atomic mass is 10.1. The summed E-state index contributed by atoms with van der Waals surface area (Å²) in [5.74, 6) is 0.957. The van der Waals surface area contributed by atoms with Gasteiger partial charge in [0.2, 0.25) is 5.89 Å². The van der Waals surface area contributed by atoms with Gasteiger partial charge in [-0.25, -0.2) is 4.79 Å². The Bertz CT molecular complexity index is 709. The van der Waals surface area contributed by atoms with Crippen LogP contribution in [0.2, 0.25) is 0 Å². The first-order valence-corrected chi connectivity index (χ1v) is 9.08. The number of amides is 2. The topological polar surface area (TPSA) is 103 Å². The summed E-state index contributed by atoms with van der Waals surface area (Å²) in [5.41, 5.74) is 1.03. The van der Waals surface area contributed by atoms with E-state index in [0.29, 0.717) is 44.4 Å². The fraction of sp³-hybridized carbons (Fsp3) is 0.556. The number of rotatable bonds is 8. The van der Waals surface area contributed by atoms with Crippen molar-refractivity contribution < 1.29 is 18.8 Å². The van der Waals surface area contributed by atoms with E-state index in [1.54, 1.807) is 24.4 Å². The average Bonchev–Trinajstić information content (AvgIpc) is 3.18. The Labute approximate surface area is 158 Å². The maximum absolute atomic E-state index is 12.4. The van der Waals surface area contributed by atoms with Crippen molar-refractivity contribution in [3.63, 3.8) is 0 Å². The van der Waals surface area contributed by atoms with Gasteiger partial charge in [-0.15, -0.1) is 0 Å². The number of nitrogens with zero attached hydrogens (tertiary/aromatic N) is 4. The fourth-order valence-electron chi connectivity index (χ4n) is 2.88. The molecule has 3 rings (SSSR count). The first kappa shape index (κ1) is 19.2. The molecule has 9 nitrogen and oxygen atoms in total. The normalized spacial score (nSPS) is 17.1. The minimum absolute atomic E-state index is 0.0220. The van der Waals surface area contributed by atoms with E-state index in [-0.39, 0.29) is 18.7 Å². The number of aromatic nitrogens is 3. The molecule has 1 fully saturated rings. The predicted octanol–water partition coefficient (Wildman–Crippen LogP) is 1.54. The number of pyridine rings is 1. The quantitative estimate of drug-likeness (QED) is 0.746. The van der Waals surface area contributed by atoms with Gasteiger partial charge in [-0.1, -0.05) is 11.2 Å². The summed E-state index contributed by atoms with van der Waals surface area (Å²) in [6, 6.07) is 3.71. The molecule has 0 saturated carbocycles. The molecule has 0 bridgehead atoms.